The van der Waals surface area contributed by atoms with Crippen molar-refractivity contribution >= 4 is 34.3 Å². The van der Waals surface area contributed by atoms with Gasteiger partial charge in [0.25, 0.3) is 0 Å². The minimum Gasteiger partial charge on any atom is -0.222 e. The molecule has 4 nitrogen and oxygen atoms in total. The Labute approximate surface area is 118 Å². The van der Waals surface area contributed by atoms with Crippen LogP contribution in [0.5, 0.6) is 0 Å². The average Bonchev–Trinajstić information content (AvgIpc) is 3.03. The molecule has 4 rings (SSSR count). The van der Waals surface area contributed by atoms with Gasteiger partial charge in [-0.05, 0) is 17.7 Å². The number of thioether (sulfide) groups is 1. The number of fused-ring (bicyclic) bond motifs is 2. The number of rotatable bonds is 1. The summed E-state index contributed by atoms with van der Waals surface area (Å²) in [5.74, 6) is 1.81. The van der Waals surface area contributed by atoms with Crippen molar-refractivity contribution in [2.75, 3.05) is 5.75 Å². The lowest BCUT2D eigenvalue weighted by Crippen LogP contribution is -2.04. The van der Waals surface area contributed by atoms with Crippen LogP contribution in [0.25, 0.3) is 16.7 Å². The summed E-state index contributed by atoms with van der Waals surface area (Å²) < 4.78 is 1.85. The van der Waals surface area contributed by atoms with Gasteiger partial charge in [0.05, 0.1) is 22.3 Å². The Morgan fingerprint density at radius 1 is 1.21 bits per heavy atom. The fourth-order valence-corrected chi connectivity index (χ4v) is 3.56. The molecule has 0 atom stereocenters. The number of benzene rings is 1. The Morgan fingerprint density at radius 2 is 2.11 bits per heavy atom. The van der Waals surface area contributed by atoms with Gasteiger partial charge in [0.1, 0.15) is 0 Å². The smallest absolute Gasteiger partial charge is 0.222 e. The molecule has 0 bridgehead atoms. The van der Waals surface area contributed by atoms with E-state index in [1.54, 1.807) is 11.8 Å². The van der Waals surface area contributed by atoms with Crippen molar-refractivity contribution in [3.8, 4) is 5.82 Å². The number of nitrogens with zero attached hydrogens (tertiary/aromatic N) is 4. The summed E-state index contributed by atoms with van der Waals surface area (Å²) in [6.07, 6.45) is 2.78. The summed E-state index contributed by atoms with van der Waals surface area (Å²) in [5.41, 5.74) is 2.06. The zero-order valence-electron chi connectivity index (χ0n) is 9.88. The van der Waals surface area contributed by atoms with Crippen LogP contribution in [-0.4, -0.2) is 25.5 Å². The summed E-state index contributed by atoms with van der Waals surface area (Å²) >= 11 is 7.79. The summed E-state index contributed by atoms with van der Waals surface area (Å²) in [5, 5.41) is 5.82. The molecule has 0 spiro atoms. The predicted octanol–water partition coefficient (Wildman–Crippen LogP) is 3.12. The standard InChI is InChI=1S/C13H9ClN4S/c14-13-16-9-5-6-19-11(9)12(17-13)18-10-4-2-1-3-8(10)7-15-18/h1-4,7H,5-6H2. The van der Waals surface area contributed by atoms with E-state index in [2.05, 4.69) is 15.1 Å². The van der Waals surface area contributed by atoms with E-state index in [4.69, 9.17) is 11.6 Å². The van der Waals surface area contributed by atoms with Crippen molar-refractivity contribution in [2.45, 2.75) is 11.3 Å². The first-order chi connectivity index (χ1) is 9.33. The van der Waals surface area contributed by atoms with Gasteiger partial charge in [-0.25, -0.2) is 9.67 Å². The van der Waals surface area contributed by atoms with Crippen LogP contribution in [0.2, 0.25) is 5.28 Å². The number of aryl methyl sites for hydroxylation is 1. The quantitative estimate of drug-likeness (QED) is 0.645. The molecule has 1 aromatic carbocycles. The molecule has 0 saturated carbocycles. The van der Waals surface area contributed by atoms with Crippen molar-refractivity contribution in [2.24, 2.45) is 0 Å². The second-order valence-electron chi connectivity index (χ2n) is 4.31. The molecule has 6 heteroatoms. The highest BCUT2D eigenvalue weighted by Gasteiger charge is 2.22. The van der Waals surface area contributed by atoms with Crippen LogP contribution in [0, 0.1) is 0 Å². The van der Waals surface area contributed by atoms with E-state index in [0.29, 0.717) is 0 Å². The Balaban J connectivity index is 2.03. The van der Waals surface area contributed by atoms with Crippen LogP contribution in [0.4, 0.5) is 0 Å². The molecule has 3 heterocycles. The third kappa shape index (κ3) is 1.73. The Hall–Kier alpha value is -1.59. The predicted molar refractivity (Wildman–Crippen MR) is 76.1 cm³/mol. The molecule has 0 unspecified atom stereocenters. The van der Waals surface area contributed by atoms with E-state index in [1.807, 2.05) is 35.1 Å². The van der Waals surface area contributed by atoms with Gasteiger partial charge in [-0.2, -0.15) is 10.1 Å². The van der Waals surface area contributed by atoms with E-state index in [0.717, 1.165) is 39.5 Å². The monoisotopic (exact) mass is 288 g/mol. The number of aromatic nitrogens is 4. The lowest BCUT2D eigenvalue weighted by molar-refractivity contribution is 0.824. The third-order valence-electron chi connectivity index (χ3n) is 3.15. The molecular formula is C13H9ClN4S. The number of halogens is 1. The van der Waals surface area contributed by atoms with Crippen LogP contribution >= 0.6 is 23.4 Å². The summed E-state index contributed by atoms with van der Waals surface area (Å²) in [6.45, 7) is 0. The summed E-state index contributed by atoms with van der Waals surface area (Å²) in [7, 11) is 0. The topological polar surface area (TPSA) is 43.6 Å². The third-order valence-corrected chi connectivity index (χ3v) is 4.44. The van der Waals surface area contributed by atoms with Crippen molar-refractivity contribution < 1.29 is 0 Å². The number of hydrogen-bond acceptors (Lipinski definition) is 4. The number of hydrogen-bond donors (Lipinski definition) is 0. The molecule has 3 aromatic rings. The summed E-state index contributed by atoms with van der Waals surface area (Å²) in [6, 6.07) is 8.07. The van der Waals surface area contributed by atoms with E-state index >= 15 is 0 Å². The van der Waals surface area contributed by atoms with Crippen molar-refractivity contribution in [1.29, 1.82) is 0 Å². The molecule has 2 aromatic heterocycles. The van der Waals surface area contributed by atoms with Crippen LogP contribution < -0.4 is 0 Å². The van der Waals surface area contributed by atoms with Crippen LogP contribution in [0.1, 0.15) is 5.69 Å². The molecular weight excluding hydrogens is 280 g/mol. The van der Waals surface area contributed by atoms with Crippen LogP contribution in [-0.2, 0) is 6.42 Å². The fraction of sp³-hybridized carbons (Fsp3) is 0.154. The minimum absolute atomic E-state index is 0.288. The molecule has 0 N–H and O–H groups in total. The molecule has 1 aliphatic rings. The highest BCUT2D eigenvalue weighted by atomic mass is 35.5. The molecule has 1 aliphatic heterocycles. The highest BCUT2D eigenvalue weighted by Crippen LogP contribution is 2.35. The Morgan fingerprint density at radius 3 is 3.05 bits per heavy atom. The Kier molecular flexibility index (Phi) is 2.50. The number of para-hydroxylation sites is 1. The van der Waals surface area contributed by atoms with Crippen molar-refractivity contribution in [3.63, 3.8) is 0 Å². The Bertz CT molecular complexity index is 783. The van der Waals surface area contributed by atoms with Gasteiger partial charge in [-0.15, -0.1) is 11.8 Å². The lowest BCUT2D eigenvalue weighted by Gasteiger charge is -2.07. The van der Waals surface area contributed by atoms with E-state index in [-0.39, 0.29) is 5.28 Å². The minimum atomic E-state index is 0.288. The molecule has 0 radical (unpaired) electrons. The van der Waals surface area contributed by atoms with E-state index in [9.17, 15) is 0 Å². The molecule has 0 amide bonds. The fourth-order valence-electron chi connectivity index (χ4n) is 2.31. The zero-order valence-corrected chi connectivity index (χ0v) is 11.4. The molecule has 0 fully saturated rings. The van der Waals surface area contributed by atoms with Gasteiger partial charge >= 0.3 is 0 Å². The van der Waals surface area contributed by atoms with Crippen LogP contribution in [0.3, 0.4) is 0 Å². The normalized spacial score (nSPS) is 13.9. The van der Waals surface area contributed by atoms with Crippen molar-refractivity contribution in [1.82, 2.24) is 19.7 Å². The van der Waals surface area contributed by atoms with Gasteiger partial charge in [-0.3, -0.25) is 0 Å². The lowest BCUT2D eigenvalue weighted by atomic mass is 10.2. The largest absolute Gasteiger partial charge is 0.224 e. The maximum atomic E-state index is 6.02. The average molecular weight is 289 g/mol. The van der Waals surface area contributed by atoms with E-state index < -0.39 is 0 Å². The van der Waals surface area contributed by atoms with Crippen molar-refractivity contribution in [3.05, 3.63) is 41.4 Å². The van der Waals surface area contributed by atoms with Crippen LogP contribution in [0.15, 0.2) is 35.4 Å². The highest BCUT2D eigenvalue weighted by molar-refractivity contribution is 7.99. The molecule has 0 saturated heterocycles. The maximum Gasteiger partial charge on any atom is 0.224 e. The zero-order chi connectivity index (χ0) is 12.8. The maximum absolute atomic E-state index is 6.02. The first kappa shape index (κ1) is 11.3. The van der Waals surface area contributed by atoms with Gasteiger partial charge in [-0.1, -0.05) is 18.2 Å². The van der Waals surface area contributed by atoms with Gasteiger partial charge in [0.15, 0.2) is 5.82 Å². The second-order valence-corrected chi connectivity index (χ2v) is 5.75. The molecule has 0 aliphatic carbocycles. The van der Waals surface area contributed by atoms with Gasteiger partial charge in [0, 0.05) is 17.6 Å². The SMILES string of the molecule is Clc1nc2c(c(-n3ncc4ccccc43)n1)SCC2. The van der Waals surface area contributed by atoms with E-state index in [1.165, 1.54) is 0 Å². The first-order valence-corrected chi connectivity index (χ1v) is 7.31. The first-order valence-electron chi connectivity index (χ1n) is 5.95. The van der Waals surface area contributed by atoms with Gasteiger partial charge in [0.2, 0.25) is 5.28 Å². The molecule has 19 heavy (non-hydrogen) atoms. The second kappa shape index (κ2) is 4.21. The molecule has 94 valence electrons. The van der Waals surface area contributed by atoms with Gasteiger partial charge < -0.3 is 0 Å². The summed E-state index contributed by atoms with van der Waals surface area (Å²) in [4.78, 5) is 9.76.